The third kappa shape index (κ3) is 17.0. The number of hydrogen-bond donors (Lipinski definition) is 0. The molecule has 7 rings (SSSR count). The van der Waals surface area contributed by atoms with Gasteiger partial charge in [0.2, 0.25) is 0 Å². The minimum Gasteiger partial charge on any atom is -0.526 e. The summed E-state index contributed by atoms with van der Waals surface area (Å²) in [4.78, 5) is 0. The van der Waals surface area contributed by atoms with Crippen LogP contribution in [-0.2, 0) is 41.6 Å². The molecule has 0 saturated carbocycles. The van der Waals surface area contributed by atoms with Crippen molar-refractivity contribution in [1.82, 2.24) is 0 Å². The van der Waals surface area contributed by atoms with Crippen LogP contribution in [0, 0.1) is 20.3 Å². The Kier molecular flexibility index (Phi) is 25.2. The van der Waals surface area contributed by atoms with Gasteiger partial charge in [-0.3, -0.25) is 0 Å². The van der Waals surface area contributed by atoms with Crippen LogP contribution < -0.4 is 35.0 Å². The van der Waals surface area contributed by atoms with Crippen LogP contribution in [-0.4, -0.2) is 43.1 Å². The van der Waals surface area contributed by atoms with Crippen molar-refractivity contribution in [3.05, 3.63) is 174 Å². The van der Waals surface area contributed by atoms with Gasteiger partial charge in [0, 0.05) is 45.9 Å². The van der Waals surface area contributed by atoms with E-state index in [9.17, 15) is 0 Å². The van der Waals surface area contributed by atoms with Crippen LogP contribution in [0.15, 0.2) is 146 Å². The summed E-state index contributed by atoms with van der Waals surface area (Å²) in [5.41, 5.74) is 4.60. The van der Waals surface area contributed by atoms with Crippen LogP contribution in [0.1, 0.15) is 179 Å². The first-order valence-electron chi connectivity index (χ1n) is 29.4. The van der Waals surface area contributed by atoms with Crippen molar-refractivity contribution in [2.75, 3.05) is 26.4 Å². The van der Waals surface area contributed by atoms with Crippen molar-refractivity contribution in [1.29, 1.82) is 0 Å². The van der Waals surface area contributed by atoms with Crippen LogP contribution in [0.5, 0.6) is 23.0 Å². The van der Waals surface area contributed by atoms with Crippen molar-refractivity contribution in [2.45, 2.75) is 181 Å². The molecule has 1 aliphatic heterocycles. The SMILES string of the molecule is Cc1cc(OCCCCCCCCCCCO[Si](c2ccccc2)(c2ccccc2)C(C)(C)C)cc2c1[CH-]c1c(C)cc(OCCCCCCCCCCCO[Si](c3ccccc3)(c3ccccc3)C(C)(C)C)cc1O2.[Y]. The second kappa shape index (κ2) is 31.2. The summed E-state index contributed by atoms with van der Waals surface area (Å²) in [7, 11) is -4.89. The Morgan fingerprint density at radius 1 is 0.364 bits per heavy atom. The fraction of sp³-hybridized carbons (Fsp3) is 0.464. The van der Waals surface area contributed by atoms with Crippen molar-refractivity contribution in [3.63, 3.8) is 0 Å². The fourth-order valence-corrected chi connectivity index (χ4v) is 20.9. The van der Waals surface area contributed by atoms with E-state index in [4.69, 9.17) is 23.1 Å². The number of unbranched alkanes of at least 4 members (excludes halogenated alkanes) is 16. The Morgan fingerprint density at radius 3 is 0.896 bits per heavy atom. The molecule has 0 saturated heterocycles. The number of ether oxygens (including phenoxy) is 3. The van der Waals surface area contributed by atoms with E-state index in [1.54, 1.807) is 0 Å². The summed E-state index contributed by atoms with van der Waals surface area (Å²) in [6.07, 6.45) is 24.3. The molecule has 5 nitrogen and oxygen atoms in total. The number of benzene rings is 6. The van der Waals surface area contributed by atoms with Gasteiger partial charge in [-0.2, -0.15) is 0 Å². The Hall–Kier alpha value is -3.95. The van der Waals surface area contributed by atoms with Gasteiger partial charge in [0.05, 0.1) is 24.7 Å². The van der Waals surface area contributed by atoms with E-state index in [-0.39, 0.29) is 42.8 Å². The van der Waals surface area contributed by atoms with Gasteiger partial charge in [0.15, 0.2) is 0 Å². The number of rotatable bonds is 32. The first kappa shape index (κ1) is 62.2. The summed E-state index contributed by atoms with van der Waals surface area (Å²) in [5, 5.41) is 5.50. The molecular formula is C69H93O5Si2Y-. The predicted molar refractivity (Wildman–Crippen MR) is 326 cm³/mol. The number of aryl methyl sites for hydroxylation is 2. The van der Waals surface area contributed by atoms with Crippen LogP contribution in [0.4, 0.5) is 0 Å². The van der Waals surface area contributed by atoms with Gasteiger partial charge in [-0.1, -0.05) is 290 Å². The van der Waals surface area contributed by atoms with Gasteiger partial charge >= 0.3 is 0 Å². The third-order valence-electron chi connectivity index (χ3n) is 15.7. The molecule has 0 aliphatic carbocycles. The molecule has 0 spiro atoms. The maximum Gasteiger partial charge on any atom is 0.261 e. The van der Waals surface area contributed by atoms with Gasteiger partial charge in [-0.15, -0.1) is 17.5 Å². The summed E-state index contributed by atoms with van der Waals surface area (Å²) >= 11 is 0. The molecule has 0 aromatic heterocycles. The van der Waals surface area contributed by atoms with Crippen molar-refractivity contribution < 1.29 is 55.8 Å². The minimum atomic E-state index is -2.44. The summed E-state index contributed by atoms with van der Waals surface area (Å²) in [6.45, 7) is 21.6. The van der Waals surface area contributed by atoms with Gasteiger partial charge < -0.3 is 23.1 Å². The average molecular weight is 1150 g/mol. The predicted octanol–water partition coefficient (Wildman–Crippen LogP) is 16.9. The topological polar surface area (TPSA) is 46.2 Å². The molecule has 411 valence electrons. The maximum absolute atomic E-state index is 7.11. The van der Waals surface area contributed by atoms with Crippen molar-refractivity contribution in [3.8, 4) is 23.0 Å². The van der Waals surface area contributed by atoms with Crippen LogP contribution in [0.2, 0.25) is 10.1 Å². The zero-order valence-electron chi connectivity index (χ0n) is 48.6. The molecule has 1 radical (unpaired) electrons. The largest absolute Gasteiger partial charge is 0.526 e. The first-order valence-corrected chi connectivity index (χ1v) is 33.2. The monoisotopic (exact) mass is 1150 g/mol. The first-order chi connectivity index (χ1) is 36.8. The second-order valence-corrected chi connectivity index (χ2v) is 32.2. The number of fused-ring (bicyclic) bond motifs is 2. The average Bonchev–Trinajstić information content (AvgIpc) is 3.41. The molecule has 6 aromatic rings. The molecule has 0 bridgehead atoms. The smallest absolute Gasteiger partial charge is 0.261 e. The van der Waals surface area contributed by atoms with E-state index in [0.29, 0.717) is 0 Å². The zero-order valence-corrected chi connectivity index (χ0v) is 53.4. The molecule has 0 N–H and O–H groups in total. The molecule has 0 amide bonds. The van der Waals surface area contributed by atoms with Gasteiger partial charge in [0.1, 0.15) is 11.5 Å². The Labute approximate surface area is 494 Å². The van der Waals surface area contributed by atoms with Crippen molar-refractivity contribution >= 4 is 37.4 Å². The van der Waals surface area contributed by atoms with Gasteiger partial charge in [0.25, 0.3) is 16.6 Å². The molecule has 1 aliphatic rings. The Bertz CT molecular complexity index is 2350. The molecule has 6 aromatic carbocycles. The van der Waals surface area contributed by atoms with Crippen LogP contribution in [0.25, 0.3) is 0 Å². The molecule has 8 heteroatoms. The zero-order chi connectivity index (χ0) is 53.7. The third-order valence-corrected chi connectivity index (χ3v) is 25.8. The maximum atomic E-state index is 7.11. The standard InChI is InChI=1S/C69H93O5Si2.Y/c1-56-51-58(70-47-35-19-15-11-9-13-17-21-37-49-72-75(68(3,4)5,60-39-27-23-28-40-60)61-41-29-24-30-42-61)53-66-64(56)55-65-57(2)52-59(54-67(65)74-66)71-48-36-20-16-12-10-14-18-22-38-50-73-76(69(6,7)8,62-43-31-25-32-44-62)63-45-33-26-34-46-63;/h23-34,39-46,51-55H,9-22,35-38,47-50H2,1-8H3;/q-1;. The fourth-order valence-electron chi connectivity index (χ4n) is 11.7. The summed E-state index contributed by atoms with van der Waals surface area (Å²) in [6, 6.07) is 52.5. The quantitative estimate of drug-likeness (QED) is 0.0239. The molecule has 77 heavy (non-hydrogen) atoms. The molecule has 0 fully saturated rings. The molecular weight excluding hydrogens is 1050 g/mol. The van der Waals surface area contributed by atoms with E-state index >= 15 is 0 Å². The Balaban J connectivity index is 0.00000961. The van der Waals surface area contributed by atoms with E-state index in [1.165, 1.54) is 122 Å². The van der Waals surface area contributed by atoms with E-state index < -0.39 is 16.6 Å². The number of hydrogen-bond acceptors (Lipinski definition) is 5. The molecule has 0 atom stereocenters. The minimum absolute atomic E-state index is 0. The Morgan fingerprint density at radius 2 is 0.623 bits per heavy atom. The second-order valence-electron chi connectivity index (χ2n) is 23.6. The van der Waals surface area contributed by atoms with Gasteiger partial charge in [-0.05, 0) is 68.6 Å². The van der Waals surface area contributed by atoms with Crippen LogP contribution in [0.3, 0.4) is 0 Å². The molecule has 1 heterocycles. The van der Waals surface area contributed by atoms with Gasteiger partial charge in [-0.25, -0.2) is 0 Å². The normalized spacial score (nSPS) is 12.5. The van der Waals surface area contributed by atoms with E-state index in [0.717, 1.165) is 86.2 Å². The molecule has 0 unspecified atom stereocenters. The van der Waals surface area contributed by atoms with Crippen LogP contribution >= 0.6 is 0 Å². The van der Waals surface area contributed by atoms with E-state index in [1.807, 2.05) is 0 Å². The summed E-state index contributed by atoms with van der Waals surface area (Å²) < 4.78 is 33.4. The summed E-state index contributed by atoms with van der Waals surface area (Å²) in [5.74, 6) is 3.48. The van der Waals surface area contributed by atoms with Crippen molar-refractivity contribution in [2.24, 2.45) is 0 Å². The van der Waals surface area contributed by atoms with E-state index in [2.05, 4.69) is 207 Å².